The highest BCUT2D eigenvalue weighted by Gasteiger charge is 2.22. The van der Waals surface area contributed by atoms with Crippen molar-refractivity contribution in [3.8, 4) is 5.88 Å². The van der Waals surface area contributed by atoms with E-state index in [1.54, 1.807) is 12.1 Å². The van der Waals surface area contributed by atoms with Crippen LogP contribution in [-0.4, -0.2) is 28.0 Å². The van der Waals surface area contributed by atoms with Gasteiger partial charge in [0.2, 0.25) is 5.88 Å². The molecular formula is C24H24BrClFN3O. The van der Waals surface area contributed by atoms with E-state index < -0.39 is 0 Å². The zero-order valence-electron chi connectivity index (χ0n) is 17.3. The second-order valence-electron chi connectivity index (χ2n) is 7.89. The average Bonchev–Trinajstić information content (AvgIpc) is 2.76. The summed E-state index contributed by atoms with van der Waals surface area (Å²) in [4.78, 5) is 11.7. The molecule has 1 aliphatic heterocycles. The van der Waals surface area contributed by atoms with Crippen LogP contribution in [0, 0.1) is 12.7 Å². The Morgan fingerprint density at radius 1 is 1.19 bits per heavy atom. The number of rotatable bonds is 6. The molecule has 1 fully saturated rings. The molecule has 31 heavy (non-hydrogen) atoms. The van der Waals surface area contributed by atoms with Crippen LogP contribution in [0.15, 0.2) is 53.1 Å². The summed E-state index contributed by atoms with van der Waals surface area (Å²) in [7, 11) is 0. The molecule has 4 rings (SSSR count). The molecule has 0 N–H and O–H groups in total. The molecule has 0 bridgehead atoms. The number of nitrogens with zero attached hydrogens (tertiary/aromatic N) is 3. The number of aromatic nitrogens is 2. The van der Waals surface area contributed by atoms with Crippen molar-refractivity contribution in [2.75, 3.05) is 13.1 Å². The van der Waals surface area contributed by atoms with E-state index in [2.05, 4.69) is 49.9 Å². The van der Waals surface area contributed by atoms with Crippen molar-refractivity contribution in [1.82, 2.24) is 14.9 Å². The van der Waals surface area contributed by atoms with Gasteiger partial charge in [0.1, 0.15) is 12.4 Å². The highest BCUT2D eigenvalue weighted by molar-refractivity contribution is 9.10. The molecule has 1 aromatic carbocycles. The summed E-state index contributed by atoms with van der Waals surface area (Å²) in [6.07, 6.45) is 3.94. The summed E-state index contributed by atoms with van der Waals surface area (Å²) >= 11 is 9.28. The maximum absolute atomic E-state index is 14.0. The summed E-state index contributed by atoms with van der Waals surface area (Å²) in [6, 6.07) is 12.5. The van der Waals surface area contributed by atoms with E-state index in [9.17, 15) is 4.39 Å². The van der Waals surface area contributed by atoms with Gasteiger partial charge in [0.05, 0.1) is 5.69 Å². The second kappa shape index (κ2) is 10.1. The normalized spacial score (nSPS) is 15.2. The molecule has 2 aromatic heterocycles. The smallest absolute Gasteiger partial charge is 0.213 e. The van der Waals surface area contributed by atoms with E-state index in [0.717, 1.165) is 48.3 Å². The Kier molecular flexibility index (Phi) is 7.20. The van der Waals surface area contributed by atoms with E-state index in [4.69, 9.17) is 16.3 Å². The van der Waals surface area contributed by atoms with Gasteiger partial charge in [-0.25, -0.2) is 9.37 Å². The van der Waals surface area contributed by atoms with Gasteiger partial charge in [-0.2, -0.15) is 0 Å². The molecule has 3 heterocycles. The van der Waals surface area contributed by atoms with E-state index in [-0.39, 0.29) is 12.4 Å². The van der Waals surface area contributed by atoms with Crippen LogP contribution in [0.1, 0.15) is 41.3 Å². The Labute approximate surface area is 195 Å². The number of hydrogen-bond donors (Lipinski definition) is 0. The first-order chi connectivity index (χ1) is 15.0. The second-order valence-corrected chi connectivity index (χ2v) is 9.24. The van der Waals surface area contributed by atoms with Gasteiger partial charge in [-0.05, 0) is 78.6 Å². The summed E-state index contributed by atoms with van der Waals surface area (Å²) < 4.78 is 20.7. The standard InChI is InChI=1S/C24H24BrClFN3O/c1-16-11-19(25)13-28-23(16)14-30-9-7-17(8-10-30)22-3-2-4-24(29-22)31-15-18-5-6-20(26)12-21(18)27/h2-6,11-13,17H,7-10,14-15H2,1H3. The topological polar surface area (TPSA) is 38.2 Å². The zero-order valence-corrected chi connectivity index (χ0v) is 19.7. The Balaban J connectivity index is 1.33. The molecule has 0 saturated carbocycles. The molecule has 162 valence electrons. The van der Waals surface area contributed by atoms with Gasteiger partial charge in [0.15, 0.2) is 0 Å². The summed E-state index contributed by atoms with van der Waals surface area (Å²) in [5, 5.41) is 0.374. The number of likely N-dealkylation sites (tertiary alicyclic amines) is 1. The minimum Gasteiger partial charge on any atom is -0.473 e. The maximum Gasteiger partial charge on any atom is 0.213 e. The summed E-state index contributed by atoms with van der Waals surface area (Å²) in [5.74, 6) is 0.543. The first-order valence-corrected chi connectivity index (χ1v) is 11.5. The maximum atomic E-state index is 14.0. The Bertz CT molecular complexity index is 1060. The Morgan fingerprint density at radius 2 is 2.00 bits per heavy atom. The minimum absolute atomic E-state index is 0.122. The van der Waals surface area contributed by atoms with Crippen molar-refractivity contribution in [3.05, 3.63) is 86.5 Å². The largest absolute Gasteiger partial charge is 0.473 e. The van der Waals surface area contributed by atoms with E-state index in [0.29, 0.717) is 22.4 Å². The number of hydrogen-bond acceptors (Lipinski definition) is 4. The van der Waals surface area contributed by atoms with E-state index >= 15 is 0 Å². The van der Waals surface area contributed by atoms with Crippen LogP contribution < -0.4 is 4.74 Å². The fourth-order valence-electron chi connectivity index (χ4n) is 3.86. The molecule has 7 heteroatoms. The number of halogens is 3. The van der Waals surface area contributed by atoms with Gasteiger partial charge in [-0.15, -0.1) is 0 Å². The van der Waals surface area contributed by atoms with Crippen molar-refractivity contribution in [3.63, 3.8) is 0 Å². The van der Waals surface area contributed by atoms with Crippen LogP contribution in [0.2, 0.25) is 5.02 Å². The predicted molar refractivity (Wildman–Crippen MR) is 124 cm³/mol. The third kappa shape index (κ3) is 5.82. The lowest BCUT2D eigenvalue weighted by Crippen LogP contribution is -2.33. The first-order valence-electron chi connectivity index (χ1n) is 10.3. The third-order valence-electron chi connectivity index (χ3n) is 5.67. The molecule has 0 radical (unpaired) electrons. The van der Waals surface area contributed by atoms with Crippen molar-refractivity contribution in [2.24, 2.45) is 0 Å². The number of piperidine rings is 1. The number of pyridine rings is 2. The van der Waals surface area contributed by atoms with Crippen LogP contribution in [0.3, 0.4) is 0 Å². The minimum atomic E-state index is -0.369. The fraction of sp³-hybridized carbons (Fsp3) is 0.333. The lowest BCUT2D eigenvalue weighted by Gasteiger charge is -2.31. The third-order valence-corrected chi connectivity index (χ3v) is 6.34. The molecule has 0 spiro atoms. The van der Waals surface area contributed by atoms with Crippen LogP contribution in [0.5, 0.6) is 5.88 Å². The zero-order chi connectivity index (χ0) is 21.8. The van der Waals surface area contributed by atoms with Gasteiger partial charge in [-0.3, -0.25) is 9.88 Å². The van der Waals surface area contributed by atoms with Gasteiger partial charge < -0.3 is 4.74 Å². The SMILES string of the molecule is Cc1cc(Br)cnc1CN1CCC(c2cccc(OCc3ccc(Cl)cc3F)n2)CC1. The summed E-state index contributed by atoms with van der Waals surface area (Å²) in [6.45, 7) is 5.10. The lowest BCUT2D eigenvalue weighted by atomic mass is 9.93. The predicted octanol–water partition coefficient (Wildman–Crippen LogP) is 6.30. The Morgan fingerprint density at radius 3 is 2.74 bits per heavy atom. The Hall–Kier alpha value is -2.02. The van der Waals surface area contributed by atoms with Crippen LogP contribution in [-0.2, 0) is 13.2 Å². The van der Waals surface area contributed by atoms with E-state index in [1.165, 1.54) is 11.6 Å². The van der Waals surface area contributed by atoms with E-state index in [1.807, 2.05) is 18.3 Å². The molecule has 0 unspecified atom stereocenters. The van der Waals surface area contributed by atoms with Gasteiger partial charge in [0.25, 0.3) is 0 Å². The van der Waals surface area contributed by atoms with Gasteiger partial charge in [-0.1, -0.05) is 23.7 Å². The first kappa shape index (κ1) is 22.2. The molecule has 0 aliphatic carbocycles. The van der Waals surface area contributed by atoms with Crippen molar-refractivity contribution in [2.45, 2.75) is 38.8 Å². The number of ether oxygens (including phenoxy) is 1. The lowest BCUT2D eigenvalue weighted by molar-refractivity contribution is 0.200. The monoisotopic (exact) mass is 503 g/mol. The highest BCUT2D eigenvalue weighted by atomic mass is 79.9. The number of benzene rings is 1. The quantitative estimate of drug-likeness (QED) is 0.395. The average molecular weight is 505 g/mol. The van der Waals surface area contributed by atoms with Crippen LogP contribution >= 0.6 is 27.5 Å². The van der Waals surface area contributed by atoms with Crippen molar-refractivity contribution in [1.29, 1.82) is 0 Å². The van der Waals surface area contributed by atoms with Gasteiger partial charge in [0, 0.05) is 45.5 Å². The van der Waals surface area contributed by atoms with Crippen LogP contribution in [0.4, 0.5) is 4.39 Å². The summed E-state index contributed by atoms with van der Waals surface area (Å²) in [5.41, 5.74) is 3.83. The van der Waals surface area contributed by atoms with Gasteiger partial charge >= 0.3 is 0 Å². The molecular weight excluding hydrogens is 481 g/mol. The molecule has 1 aliphatic rings. The molecule has 0 amide bonds. The molecule has 0 atom stereocenters. The van der Waals surface area contributed by atoms with Crippen LogP contribution in [0.25, 0.3) is 0 Å². The highest BCUT2D eigenvalue weighted by Crippen LogP contribution is 2.29. The molecule has 3 aromatic rings. The fourth-order valence-corrected chi connectivity index (χ4v) is 4.47. The van der Waals surface area contributed by atoms with Crippen molar-refractivity contribution >= 4 is 27.5 Å². The molecule has 4 nitrogen and oxygen atoms in total. The molecule has 1 saturated heterocycles. The van der Waals surface area contributed by atoms with Crippen molar-refractivity contribution < 1.29 is 9.13 Å². The number of aryl methyl sites for hydroxylation is 1.